The van der Waals surface area contributed by atoms with Crippen LogP contribution in [0.2, 0.25) is 0 Å². The van der Waals surface area contributed by atoms with Crippen molar-refractivity contribution >= 4 is 27.5 Å². The molecule has 0 radical (unpaired) electrons. The fourth-order valence-electron chi connectivity index (χ4n) is 1.08. The van der Waals surface area contributed by atoms with Crippen molar-refractivity contribution in [2.24, 2.45) is 0 Å². The van der Waals surface area contributed by atoms with E-state index in [1.165, 1.54) is 0 Å². The molecule has 0 bridgehead atoms. The van der Waals surface area contributed by atoms with Gasteiger partial charge < -0.3 is 11.1 Å². The van der Waals surface area contributed by atoms with Crippen molar-refractivity contribution in [1.29, 1.82) is 0 Å². The van der Waals surface area contributed by atoms with Crippen LogP contribution in [0.5, 0.6) is 0 Å². The number of nitrogen functional groups attached to an aromatic ring is 1. The minimum Gasteiger partial charge on any atom is -0.399 e. The van der Waals surface area contributed by atoms with Gasteiger partial charge in [0.25, 0.3) is 5.91 Å². The van der Waals surface area contributed by atoms with Crippen LogP contribution in [0.3, 0.4) is 0 Å². The Morgan fingerprint density at radius 2 is 2.21 bits per heavy atom. The number of hydrogen-bond donors (Lipinski definition) is 2. The number of carbonyl (C=O) groups excluding carboxylic acids is 1. The molecule has 0 spiro atoms. The van der Waals surface area contributed by atoms with Crippen LogP contribution >= 0.6 is 15.9 Å². The second kappa shape index (κ2) is 5.00. The van der Waals surface area contributed by atoms with E-state index in [1.807, 2.05) is 6.92 Å². The zero-order chi connectivity index (χ0) is 10.6. The van der Waals surface area contributed by atoms with Crippen molar-refractivity contribution in [3.8, 4) is 0 Å². The molecule has 0 atom stereocenters. The molecule has 0 aromatic heterocycles. The van der Waals surface area contributed by atoms with Crippen LogP contribution < -0.4 is 11.1 Å². The Hall–Kier alpha value is -1.03. The molecular weight excluding hydrogens is 244 g/mol. The summed E-state index contributed by atoms with van der Waals surface area (Å²) >= 11 is 3.29. The Kier molecular flexibility index (Phi) is 3.95. The van der Waals surface area contributed by atoms with Gasteiger partial charge in [-0.3, -0.25) is 4.79 Å². The molecule has 1 amide bonds. The first kappa shape index (κ1) is 11.0. The molecule has 0 aliphatic heterocycles. The third kappa shape index (κ3) is 3.03. The zero-order valence-electron chi connectivity index (χ0n) is 8.01. The summed E-state index contributed by atoms with van der Waals surface area (Å²) in [6, 6.07) is 5.17. The van der Waals surface area contributed by atoms with Crippen LogP contribution in [-0.4, -0.2) is 12.5 Å². The summed E-state index contributed by atoms with van der Waals surface area (Å²) in [5.74, 6) is -0.0835. The maximum absolute atomic E-state index is 11.5. The average molecular weight is 257 g/mol. The second-order valence-electron chi connectivity index (χ2n) is 3.03. The van der Waals surface area contributed by atoms with Crippen LogP contribution in [0.4, 0.5) is 5.69 Å². The summed E-state index contributed by atoms with van der Waals surface area (Å²) in [5.41, 5.74) is 6.79. The van der Waals surface area contributed by atoms with E-state index in [1.54, 1.807) is 18.2 Å². The summed E-state index contributed by atoms with van der Waals surface area (Å²) < 4.78 is 0.819. The fourth-order valence-corrected chi connectivity index (χ4v) is 1.59. The predicted octanol–water partition coefficient (Wildman–Crippen LogP) is 2.17. The topological polar surface area (TPSA) is 55.1 Å². The van der Waals surface area contributed by atoms with E-state index < -0.39 is 0 Å². The molecule has 0 fully saturated rings. The Bertz CT molecular complexity index is 319. The first-order valence-electron chi connectivity index (χ1n) is 4.47. The van der Waals surface area contributed by atoms with Gasteiger partial charge >= 0.3 is 0 Å². The van der Waals surface area contributed by atoms with E-state index in [4.69, 9.17) is 5.73 Å². The van der Waals surface area contributed by atoms with Crippen LogP contribution in [0.15, 0.2) is 22.7 Å². The lowest BCUT2D eigenvalue weighted by molar-refractivity contribution is 0.0953. The van der Waals surface area contributed by atoms with Gasteiger partial charge in [0.1, 0.15) is 0 Å². The molecule has 0 saturated heterocycles. The Morgan fingerprint density at radius 1 is 1.50 bits per heavy atom. The van der Waals surface area contributed by atoms with Gasteiger partial charge in [-0.2, -0.15) is 0 Å². The summed E-state index contributed by atoms with van der Waals surface area (Å²) in [5, 5.41) is 2.79. The smallest absolute Gasteiger partial charge is 0.251 e. The van der Waals surface area contributed by atoms with E-state index in [9.17, 15) is 4.79 Å². The molecule has 0 saturated carbocycles. The number of rotatable bonds is 3. The number of nitrogens with two attached hydrogens (primary N) is 1. The van der Waals surface area contributed by atoms with Crippen molar-refractivity contribution in [1.82, 2.24) is 5.32 Å². The van der Waals surface area contributed by atoms with Gasteiger partial charge in [0.2, 0.25) is 0 Å². The molecule has 0 unspecified atom stereocenters. The number of carbonyl (C=O) groups is 1. The molecule has 0 heterocycles. The molecule has 3 nitrogen and oxygen atoms in total. The lowest BCUT2D eigenvalue weighted by Crippen LogP contribution is -2.24. The zero-order valence-corrected chi connectivity index (χ0v) is 9.60. The van der Waals surface area contributed by atoms with Gasteiger partial charge in [0.05, 0.1) is 0 Å². The molecule has 3 N–H and O–H groups in total. The number of amides is 1. The van der Waals surface area contributed by atoms with Crippen molar-refractivity contribution < 1.29 is 4.79 Å². The Labute approximate surface area is 91.8 Å². The van der Waals surface area contributed by atoms with E-state index in [0.29, 0.717) is 17.8 Å². The van der Waals surface area contributed by atoms with Gasteiger partial charge in [0.15, 0.2) is 0 Å². The molecule has 0 aliphatic rings. The minimum atomic E-state index is -0.0835. The lowest BCUT2D eigenvalue weighted by atomic mass is 10.2. The SMILES string of the molecule is CCCNC(=O)c1cc(N)cc(Br)c1. The maximum Gasteiger partial charge on any atom is 0.251 e. The van der Waals surface area contributed by atoms with Crippen molar-refractivity contribution in [2.75, 3.05) is 12.3 Å². The lowest BCUT2D eigenvalue weighted by Gasteiger charge is -2.04. The molecular formula is C10H13BrN2O. The van der Waals surface area contributed by atoms with Gasteiger partial charge in [-0.05, 0) is 24.6 Å². The average Bonchev–Trinajstić information content (AvgIpc) is 2.12. The number of halogens is 1. The third-order valence-corrected chi connectivity index (χ3v) is 2.18. The van der Waals surface area contributed by atoms with Gasteiger partial charge in [-0.25, -0.2) is 0 Å². The summed E-state index contributed by atoms with van der Waals surface area (Å²) in [4.78, 5) is 11.5. The molecule has 4 heteroatoms. The highest BCUT2D eigenvalue weighted by Crippen LogP contribution is 2.17. The molecule has 1 aromatic carbocycles. The van der Waals surface area contributed by atoms with E-state index in [2.05, 4.69) is 21.2 Å². The van der Waals surface area contributed by atoms with Crippen LogP contribution in [0.1, 0.15) is 23.7 Å². The predicted molar refractivity (Wildman–Crippen MR) is 61.2 cm³/mol. The maximum atomic E-state index is 11.5. The largest absolute Gasteiger partial charge is 0.399 e. The summed E-state index contributed by atoms with van der Waals surface area (Å²) in [6.07, 6.45) is 0.926. The van der Waals surface area contributed by atoms with Gasteiger partial charge in [-0.15, -0.1) is 0 Å². The van der Waals surface area contributed by atoms with E-state index >= 15 is 0 Å². The first-order chi connectivity index (χ1) is 6.63. The highest BCUT2D eigenvalue weighted by Gasteiger charge is 2.05. The molecule has 14 heavy (non-hydrogen) atoms. The standard InChI is InChI=1S/C10H13BrN2O/c1-2-3-13-10(14)7-4-8(11)6-9(12)5-7/h4-6H,2-3,12H2,1H3,(H,13,14). The van der Waals surface area contributed by atoms with Gasteiger partial charge in [-0.1, -0.05) is 22.9 Å². The quantitative estimate of drug-likeness (QED) is 0.815. The molecule has 1 aromatic rings. The highest BCUT2D eigenvalue weighted by atomic mass is 79.9. The summed E-state index contributed by atoms with van der Waals surface area (Å²) in [7, 11) is 0. The highest BCUT2D eigenvalue weighted by molar-refractivity contribution is 9.10. The normalized spacial score (nSPS) is 9.86. The summed E-state index contributed by atoms with van der Waals surface area (Å²) in [6.45, 7) is 2.70. The van der Waals surface area contributed by atoms with Crippen molar-refractivity contribution in [3.05, 3.63) is 28.2 Å². The Balaban J connectivity index is 2.79. The number of nitrogens with one attached hydrogen (secondary N) is 1. The second-order valence-corrected chi connectivity index (χ2v) is 3.94. The van der Waals surface area contributed by atoms with Crippen LogP contribution in [0.25, 0.3) is 0 Å². The monoisotopic (exact) mass is 256 g/mol. The van der Waals surface area contributed by atoms with Crippen molar-refractivity contribution in [3.63, 3.8) is 0 Å². The minimum absolute atomic E-state index is 0.0835. The van der Waals surface area contributed by atoms with Crippen molar-refractivity contribution in [2.45, 2.75) is 13.3 Å². The molecule has 1 rings (SSSR count). The number of anilines is 1. The fraction of sp³-hybridized carbons (Fsp3) is 0.300. The van der Waals surface area contributed by atoms with Crippen LogP contribution in [-0.2, 0) is 0 Å². The first-order valence-corrected chi connectivity index (χ1v) is 5.27. The molecule has 76 valence electrons. The molecule has 0 aliphatic carbocycles. The van der Waals surface area contributed by atoms with E-state index in [0.717, 1.165) is 10.9 Å². The number of hydrogen-bond acceptors (Lipinski definition) is 2. The van der Waals surface area contributed by atoms with Gasteiger partial charge in [0, 0.05) is 22.3 Å². The van der Waals surface area contributed by atoms with Crippen LogP contribution in [0, 0.1) is 0 Å². The Morgan fingerprint density at radius 3 is 2.79 bits per heavy atom. The van der Waals surface area contributed by atoms with E-state index in [-0.39, 0.29) is 5.91 Å². The third-order valence-electron chi connectivity index (χ3n) is 1.72. The number of benzene rings is 1.